The molecule has 0 bridgehead atoms. The van der Waals surface area contributed by atoms with Gasteiger partial charge in [0.15, 0.2) is 0 Å². The zero-order valence-electron chi connectivity index (χ0n) is 19.2. The Labute approximate surface area is 195 Å². The minimum absolute atomic E-state index is 0.0376. The molecular weight excluding hydrogens is 412 g/mol. The Kier molecular flexibility index (Phi) is 7.43. The van der Waals surface area contributed by atoms with Crippen LogP contribution in [-0.2, 0) is 16.1 Å². The largest absolute Gasteiger partial charge is 0.496 e. The van der Waals surface area contributed by atoms with E-state index in [4.69, 9.17) is 9.47 Å². The number of carbonyl (C=O) groups is 1. The summed E-state index contributed by atoms with van der Waals surface area (Å²) in [6, 6.07) is 26.0. The highest BCUT2D eigenvalue weighted by atomic mass is 16.5. The monoisotopic (exact) mass is 442 g/mol. The second-order valence-corrected chi connectivity index (χ2v) is 8.09. The Morgan fingerprint density at radius 3 is 2.33 bits per heavy atom. The van der Waals surface area contributed by atoms with Gasteiger partial charge in [0, 0.05) is 43.5 Å². The van der Waals surface area contributed by atoms with Gasteiger partial charge in [0.1, 0.15) is 5.75 Å². The molecule has 1 aliphatic rings. The third-order valence-corrected chi connectivity index (χ3v) is 5.83. The number of hydrogen-bond acceptors (Lipinski definition) is 4. The van der Waals surface area contributed by atoms with Crippen molar-refractivity contribution in [3.63, 3.8) is 0 Å². The number of nitrogens with zero attached hydrogens (tertiary/aromatic N) is 2. The van der Waals surface area contributed by atoms with Crippen LogP contribution >= 0.6 is 0 Å². The average Bonchev–Trinajstić information content (AvgIpc) is 2.88. The quantitative estimate of drug-likeness (QED) is 0.392. The molecular formula is C28H30N2O3. The van der Waals surface area contributed by atoms with Crippen molar-refractivity contribution in [1.82, 2.24) is 4.90 Å². The zero-order chi connectivity index (χ0) is 23.0. The van der Waals surface area contributed by atoms with Crippen LogP contribution in [0.1, 0.15) is 16.7 Å². The van der Waals surface area contributed by atoms with Crippen LogP contribution in [0.5, 0.6) is 5.75 Å². The number of ether oxygens (including phenoxy) is 2. The van der Waals surface area contributed by atoms with Crippen LogP contribution in [0.15, 0.2) is 78.9 Å². The third kappa shape index (κ3) is 5.62. The fourth-order valence-corrected chi connectivity index (χ4v) is 4.01. The van der Waals surface area contributed by atoms with Gasteiger partial charge in [0.25, 0.3) is 5.91 Å². The van der Waals surface area contributed by atoms with Gasteiger partial charge in [-0.1, -0.05) is 60.7 Å². The van der Waals surface area contributed by atoms with Crippen molar-refractivity contribution < 1.29 is 14.3 Å². The maximum atomic E-state index is 13.6. The van der Waals surface area contributed by atoms with E-state index >= 15 is 0 Å². The lowest BCUT2D eigenvalue weighted by molar-refractivity contribution is -0.124. The van der Waals surface area contributed by atoms with Gasteiger partial charge < -0.3 is 19.3 Å². The van der Waals surface area contributed by atoms with Crippen LogP contribution < -0.4 is 9.64 Å². The Bertz CT molecular complexity index is 1090. The number of carbonyl (C=O) groups excluding carboxylic acids is 1. The van der Waals surface area contributed by atoms with E-state index in [2.05, 4.69) is 29.2 Å². The van der Waals surface area contributed by atoms with Crippen LogP contribution in [0.2, 0.25) is 0 Å². The van der Waals surface area contributed by atoms with Gasteiger partial charge in [0.2, 0.25) is 0 Å². The van der Waals surface area contributed by atoms with Gasteiger partial charge >= 0.3 is 0 Å². The van der Waals surface area contributed by atoms with Gasteiger partial charge in [-0.25, -0.2) is 0 Å². The fraction of sp³-hybridized carbons (Fsp3) is 0.250. The minimum Gasteiger partial charge on any atom is -0.496 e. The van der Waals surface area contributed by atoms with Crippen molar-refractivity contribution in [2.24, 2.45) is 0 Å². The number of amides is 1. The summed E-state index contributed by atoms with van der Waals surface area (Å²) in [7, 11) is 3.49. The molecule has 170 valence electrons. The van der Waals surface area contributed by atoms with Crippen molar-refractivity contribution in [2.45, 2.75) is 6.54 Å². The first kappa shape index (κ1) is 22.6. The molecule has 3 aromatic carbocycles. The number of rotatable bonds is 7. The predicted molar refractivity (Wildman–Crippen MR) is 133 cm³/mol. The molecule has 0 unspecified atom stereocenters. The molecule has 0 radical (unpaired) electrons. The lowest BCUT2D eigenvalue weighted by atomic mass is 10.0. The summed E-state index contributed by atoms with van der Waals surface area (Å²) in [5, 5.41) is 0. The number of likely N-dealkylation sites (N-methyl/N-ethyl adjacent to an activating group) is 1. The predicted octanol–water partition coefficient (Wildman–Crippen LogP) is 4.73. The molecule has 33 heavy (non-hydrogen) atoms. The first-order valence-electron chi connectivity index (χ1n) is 11.2. The summed E-state index contributed by atoms with van der Waals surface area (Å²) in [5.41, 5.74) is 4.66. The standard InChI is InChI=1S/C28H30N2O3/c1-29(21-22-12-14-25(15-13-22)30-16-18-33-19-17-30)28(31)26(23-8-4-3-5-9-23)20-24-10-6-7-11-27(24)32-2/h3-15,20H,16-19,21H2,1-2H3/b26-20+. The summed E-state index contributed by atoms with van der Waals surface area (Å²) in [5.74, 6) is 0.699. The third-order valence-electron chi connectivity index (χ3n) is 5.83. The SMILES string of the molecule is COc1ccccc1/C=C(/C(=O)N(C)Cc1ccc(N2CCOCC2)cc1)c1ccccc1. The molecule has 4 rings (SSSR count). The van der Waals surface area contributed by atoms with E-state index < -0.39 is 0 Å². The lowest BCUT2D eigenvalue weighted by Gasteiger charge is -2.29. The Morgan fingerprint density at radius 1 is 0.970 bits per heavy atom. The Morgan fingerprint density at radius 2 is 1.64 bits per heavy atom. The molecule has 0 atom stereocenters. The van der Waals surface area contributed by atoms with E-state index in [9.17, 15) is 4.79 Å². The summed E-state index contributed by atoms with van der Waals surface area (Å²) < 4.78 is 10.9. The normalized spacial score (nSPS) is 14.1. The molecule has 0 N–H and O–H groups in total. The number of anilines is 1. The molecule has 1 heterocycles. The van der Waals surface area contributed by atoms with E-state index in [0.29, 0.717) is 12.1 Å². The van der Waals surface area contributed by atoms with E-state index in [1.165, 1.54) is 5.69 Å². The molecule has 1 fully saturated rings. The van der Waals surface area contributed by atoms with Gasteiger partial charge in [-0.15, -0.1) is 0 Å². The van der Waals surface area contributed by atoms with Crippen LogP contribution in [0, 0.1) is 0 Å². The van der Waals surface area contributed by atoms with Crippen molar-refractivity contribution >= 4 is 23.2 Å². The second-order valence-electron chi connectivity index (χ2n) is 8.09. The van der Waals surface area contributed by atoms with Crippen LogP contribution in [-0.4, -0.2) is 51.3 Å². The van der Waals surface area contributed by atoms with Crippen molar-refractivity contribution in [1.29, 1.82) is 0 Å². The highest BCUT2D eigenvalue weighted by Crippen LogP contribution is 2.26. The minimum atomic E-state index is -0.0376. The molecule has 0 aliphatic carbocycles. The number of morpholine rings is 1. The van der Waals surface area contributed by atoms with Crippen LogP contribution in [0.25, 0.3) is 11.6 Å². The molecule has 5 nitrogen and oxygen atoms in total. The van der Waals surface area contributed by atoms with Gasteiger partial charge in [0.05, 0.1) is 20.3 Å². The number of methoxy groups -OCH3 is 1. The lowest BCUT2D eigenvalue weighted by Crippen LogP contribution is -2.36. The van der Waals surface area contributed by atoms with Crippen molar-refractivity contribution in [3.05, 3.63) is 95.6 Å². The van der Waals surface area contributed by atoms with Gasteiger partial charge in [-0.3, -0.25) is 4.79 Å². The van der Waals surface area contributed by atoms with Crippen LogP contribution in [0.4, 0.5) is 5.69 Å². The first-order chi connectivity index (χ1) is 16.2. The average molecular weight is 443 g/mol. The maximum Gasteiger partial charge on any atom is 0.254 e. The molecule has 5 heteroatoms. The van der Waals surface area contributed by atoms with Gasteiger partial charge in [-0.2, -0.15) is 0 Å². The summed E-state index contributed by atoms with van der Waals surface area (Å²) in [6.07, 6.45) is 1.91. The van der Waals surface area contributed by atoms with Crippen molar-refractivity contribution in [2.75, 3.05) is 45.4 Å². The Balaban J connectivity index is 1.55. The zero-order valence-corrected chi connectivity index (χ0v) is 19.2. The van der Waals surface area contributed by atoms with Gasteiger partial charge in [-0.05, 0) is 35.4 Å². The Hall–Kier alpha value is -3.57. The second kappa shape index (κ2) is 10.8. The highest BCUT2D eigenvalue weighted by Gasteiger charge is 2.18. The van der Waals surface area contributed by atoms with Crippen LogP contribution in [0.3, 0.4) is 0 Å². The number of benzene rings is 3. The molecule has 0 aromatic heterocycles. The molecule has 0 spiro atoms. The summed E-state index contributed by atoms with van der Waals surface area (Å²) >= 11 is 0. The van der Waals surface area contributed by atoms with E-state index in [1.807, 2.05) is 67.7 Å². The molecule has 1 aliphatic heterocycles. The number of hydrogen-bond donors (Lipinski definition) is 0. The first-order valence-corrected chi connectivity index (χ1v) is 11.2. The number of para-hydroxylation sites is 1. The highest BCUT2D eigenvalue weighted by molar-refractivity contribution is 6.24. The maximum absolute atomic E-state index is 13.6. The van der Waals surface area contributed by atoms with E-state index in [0.717, 1.165) is 48.7 Å². The summed E-state index contributed by atoms with van der Waals surface area (Å²) in [6.45, 7) is 3.87. The van der Waals surface area contributed by atoms with E-state index in [-0.39, 0.29) is 5.91 Å². The molecule has 1 saturated heterocycles. The summed E-state index contributed by atoms with van der Waals surface area (Å²) in [4.78, 5) is 17.6. The molecule has 0 saturated carbocycles. The molecule has 1 amide bonds. The molecule has 3 aromatic rings. The fourth-order valence-electron chi connectivity index (χ4n) is 4.01. The topological polar surface area (TPSA) is 42.0 Å². The smallest absolute Gasteiger partial charge is 0.254 e. The van der Waals surface area contributed by atoms with E-state index in [1.54, 1.807) is 12.0 Å². The van der Waals surface area contributed by atoms with Crippen molar-refractivity contribution in [3.8, 4) is 5.75 Å².